The van der Waals surface area contributed by atoms with Gasteiger partial charge in [0.05, 0.1) is 0 Å². The Labute approximate surface area is 259 Å². The number of amides is 2. The molecule has 0 unspecified atom stereocenters. The molecule has 0 atom stereocenters. The van der Waals surface area contributed by atoms with Gasteiger partial charge in [0.2, 0.25) is 25.4 Å². The third kappa shape index (κ3) is 7.92. The van der Waals surface area contributed by atoms with Gasteiger partial charge >= 0.3 is 0 Å². The van der Waals surface area contributed by atoms with Crippen LogP contribution in [-0.4, -0.2) is 97.4 Å². The molecule has 6 rings (SSSR count). The Kier molecular flexibility index (Phi) is 11.4. The van der Waals surface area contributed by atoms with E-state index in [2.05, 4.69) is 21.9 Å². The van der Waals surface area contributed by atoms with Gasteiger partial charge in [0.15, 0.2) is 23.0 Å². The largest absolute Gasteiger partial charge is 0.454 e. The lowest BCUT2D eigenvalue weighted by Gasteiger charge is -2.35. The Morgan fingerprint density at radius 2 is 0.929 bits per heavy atom. The zero-order chi connectivity index (χ0) is 27.3. The summed E-state index contributed by atoms with van der Waals surface area (Å²) < 4.78 is 21.7. The molecule has 0 aromatic heterocycles. The van der Waals surface area contributed by atoms with Gasteiger partial charge in [0, 0.05) is 78.3 Å². The van der Waals surface area contributed by atoms with Gasteiger partial charge in [-0.25, -0.2) is 0 Å². The molecule has 0 radical (unpaired) electrons. The molecule has 4 aliphatic rings. The van der Waals surface area contributed by atoms with Gasteiger partial charge in [-0.15, -0.1) is 24.8 Å². The summed E-state index contributed by atoms with van der Waals surface area (Å²) in [6, 6.07) is 12.2. The molecular weight excluding hydrogens is 583 g/mol. The predicted octanol–water partition coefficient (Wildman–Crippen LogP) is 3.54. The van der Waals surface area contributed by atoms with Crippen LogP contribution >= 0.6 is 24.8 Å². The van der Waals surface area contributed by atoms with Crippen molar-refractivity contribution in [3.05, 3.63) is 47.5 Å². The van der Waals surface area contributed by atoms with Crippen LogP contribution in [0.15, 0.2) is 36.4 Å². The second kappa shape index (κ2) is 15.0. The normalized spacial score (nSPS) is 17.9. The zero-order valence-electron chi connectivity index (χ0n) is 23.8. The van der Waals surface area contributed by atoms with Crippen LogP contribution < -0.4 is 18.9 Å². The maximum absolute atomic E-state index is 12.7. The highest BCUT2D eigenvalue weighted by Gasteiger charge is 2.24. The van der Waals surface area contributed by atoms with Gasteiger partial charge in [-0.2, -0.15) is 0 Å². The fraction of sp³-hybridized carbons (Fsp3) is 0.533. The lowest BCUT2D eigenvalue weighted by atomic mass is 10.1. The van der Waals surface area contributed by atoms with E-state index in [1.807, 2.05) is 34.1 Å². The van der Waals surface area contributed by atoms with E-state index >= 15 is 0 Å². The van der Waals surface area contributed by atoms with E-state index in [4.69, 9.17) is 18.9 Å². The number of hydrogen-bond donors (Lipinski definition) is 0. The van der Waals surface area contributed by atoms with Crippen molar-refractivity contribution in [2.45, 2.75) is 38.8 Å². The van der Waals surface area contributed by atoms with Gasteiger partial charge in [-0.3, -0.25) is 19.4 Å². The predicted molar refractivity (Wildman–Crippen MR) is 162 cm³/mol. The molecule has 2 amide bonds. The van der Waals surface area contributed by atoms with Gasteiger partial charge in [-0.05, 0) is 48.2 Å². The summed E-state index contributed by atoms with van der Waals surface area (Å²) >= 11 is 0. The second-order valence-electron chi connectivity index (χ2n) is 10.9. The highest BCUT2D eigenvalue weighted by molar-refractivity contribution is 5.85. The number of fused-ring (bicyclic) bond motifs is 2. The summed E-state index contributed by atoms with van der Waals surface area (Å²) in [5.74, 6) is 3.63. The minimum atomic E-state index is 0. The first-order chi connectivity index (χ1) is 19.6. The van der Waals surface area contributed by atoms with Gasteiger partial charge < -0.3 is 28.7 Å². The third-order valence-corrected chi connectivity index (χ3v) is 8.17. The van der Waals surface area contributed by atoms with Crippen LogP contribution in [0, 0.1) is 0 Å². The molecule has 0 saturated carbocycles. The Morgan fingerprint density at radius 1 is 0.548 bits per heavy atom. The van der Waals surface area contributed by atoms with Gasteiger partial charge in [0.1, 0.15) is 0 Å². The molecule has 2 fully saturated rings. The van der Waals surface area contributed by atoms with E-state index in [9.17, 15) is 9.59 Å². The van der Waals surface area contributed by atoms with Crippen molar-refractivity contribution >= 4 is 36.6 Å². The second-order valence-corrected chi connectivity index (χ2v) is 10.9. The summed E-state index contributed by atoms with van der Waals surface area (Å²) in [4.78, 5) is 34.2. The minimum absolute atomic E-state index is 0. The van der Waals surface area contributed by atoms with Crippen LogP contribution in [0.5, 0.6) is 23.0 Å². The van der Waals surface area contributed by atoms with Crippen molar-refractivity contribution in [1.82, 2.24) is 19.6 Å². The Morgan fingerprint density at radius 3 is 1.33 bits per heavy atom. The average Bonchev–Trinajstić information content (AvgIpc) is 3.65. The highest BCUT2D eigenvalue weighted by Crippen LogP contribution is 2.34. The summed E-state index contributed by atoms with van der Waals surface area (Å²) in [5.41, 5.74) is 2.39. The van der Waals surface area contributed by atoms with Crippen LogP contribution in [-0.2, 0) is 22.7 Å². The lowest BCUT2D eigenvalue weighted by molar-refractivity contribution is -0.135. The van der Waals surface area contributed by atoms with Gasteiger partial charge in [0.25, 0.3) is 0 Å². The van der Waals surface area contributed by atoms with Crippen LogP contribution in [0.4, 0.5) is 0 Å². The first-order valence-corrected chi connectivity index (χ1v) is 14.4. The standard InChI is InChI=1S/C30H38N4O6.2ClH/c35-29(33-13-9-31(10-14-33)19-23-5-7-25-27(17-23)39-21-37-25)3-1-2-4-30(36)34-15-11-32(12-16-34)20-24-6-8-26-28(18-24)40-22-38-26;;/h5-8,17-18H,1-4,9-16,19-22H2;2*1H. The summed E-state index contributed by atoms with van der Waals surface area (Å²) in [7, 11) is 0. The van der Waals surface area contributed by atoms with Crippen LogP contribution in [0.1, 0.15) is 36.8 Å². The zero-order valence-corrected chi connectivity index (χ0v) is 25.5. The van der Waals surface area contributed by atoms with Crippen LogP contribution in [0.2, 0.25) is 0 Å². The van der Waals surface area contributed by atoms with Crippen molar-refractivity contribution in [1.29, 1.82) is 0 Å². The molecule has 0 aliphatic carbocycles. The number of rotatable bonds is 9. The molecule has 0 N–H and O–H groups in total. The molecular formula is C30H40Cl2N4O6. The molecule has 42 heavy (non-hydrogen) atoms. The first kappa shape index (κ1) is 32.0. The average molecular weight is 624 g/mol. The van der Waals surface area contributed by atoms with E-state index < -0.39 is 0 Å². The maximum Gasteiger partial charge on any atom is 0.231 e. The Bertz CT molecular complexity index is 1120. The molecule has 4 aliphatic heterocycles. The van der Waals surface area contributed by atoms with E-state index in [0.29, 0.717) is 12.8 Å². The topological polar surface area (TPSA) is 84.0 Å². The molecule has 0 spiro atoms. The number of halogens is 2. The molecule has 4 heterocycles. The SMILES string of the molecule is Cl.Cl.O=C(CCCCC(=O)N1CCN(Cc2ccc3c(c2)OCO3)CC1)N1CCN(Cc2ccc3c(c2)OCO3)CC1. The van der Waals surface area contributed by atoms with Crippen LogP contribution in [0.3, 0.4) is 0 Å². The van der Waals surface area contributed by atoms with Crippen molar-refractivity contribution in [2.75, 3.05) is 65.9 Å². The third-order valence-electron chi connectivity index (χ3n) is 8.17. The summed E-state index contributed by atoms with van der Waals surface area (Å²) in [6.45, 7) is 8.69. The number of nitrogens with zero attached hydrogens (tertiary/aromatic N) is 4. The van der Waals surface area contributed by atoms with E-state index in [1.165, 1.54) is 11.1 Å². The van der Waals surface area contributed by atoms with Crippen LogP contribution in [0.25, 0.3) is 0 Å². The number of unbranched alkanes of at least 4 members (excludes halogenated alkanes) is 1. The molecule has 0 bridgehead atoms. The fourth-order valence-electron chi connectivity index (χ4n) is 5.77. The minimum Gasteiger partial charge on any atom is -0.454 e. The number of ether oxygens (including phenoxy) is 4. The van der Waals surface area contributed by atoms with Crippen molar-refractivity contribution in [3.8, 4) is 23.0 Å². The molecule has 230 valence electrons. The number of carbonyl (C=O) groups excluding carboxylic acids is 2. The van der Waals surface area contributed by atoms with E-state index in [1.54, 1.807) is 0 Å². The first-order valence-electron chi connectivity index (χ1n) is 14.4. The van der Waals surface area contributed by atoms with Crippen molar-refractivity contribution < 1.29 is 28.5 Å². The Hall–Kier alpha value is -2.92. The van der Waals surface area contributed by atoms with Gasteiger partial charge in [-0.1, -0.05) is 12.1 Å². The monoisotopic (exact) mass is 622 g/mol. The number of benzene rings is 2. The Balaban J connectivity index is 0.00000202. The van der Waals surface area contributed by atoms with E-state index in [-0.39, 0.29) is 50.2 Å². The number of piperazine rings is 2. The number of hydrogen-bond acceptors (Lipinski definition) is 8. The van der Waals surface area contributed by atoms with Crippen molar-refractivity contribution in [2.24, 2.45) is 0 Å². The molecule has 12 heteroatoms. The highest BCUT2D eigenvalue weighted by atomic mass is 35.5. The molecule has 10 nitrogen and oxygen atoms in total. The molecule has 2 aromatic carbocycles. The smallest absolute Gasteiger partial charge is 0.231 e. The molecule has 2 aromatic rings. The fourth-order valence-corrected chi connectivity index (χ4v) is 5.77. The van der Waals surface area contributed by atoms with E-state index in [0.717, 1.165) is 101 Å². The summed E-state index contributed by atoms with van der Waals surface area (Å²) in [5, 5.41) is 0. The number of carbonyl (C=O) groups is 2. The van der Waals surface area contributed by atoms with Crippen molar-refractivity contribution in [3.63, 3.8) is 0 Å². The quantitative estimate of drug-likeness (QED) is 0.393. The maximum atomic E-state index is 12.7. The lowest BCUT2D eigenvalue weighted by Crippen LogP contribution is -2.48. The summed E-state index contributed by atoms with van der Waals surface area (Å²) in [6.07, 6.45) is 2.54. The molecule has 2 saturated heterocycles.